The molecular weight excluding hydrogens is 210 g/mol. The molecule has 2 nitrogen and oxygen atoms in total. The molecule has 1 aromatic carbocycles. The van der Waals surface area contributed by atoms with Crippen LogP contribution in [0, 0.1) is 5.92 Å². The summed E-state index contributed by atoms with van der Waals surface area (Å²) in [7, 11) is 1.74. The first-order valence-electron chi connectivity index (χ1n) is 6.58. The molecule has 2 heteroatoms. The summed E-state index contributed by atoms with van der Waals surface area (Å²) in [4.78, 5) is 0. The van der Waals surface area contributed by atoms with Gasteiger partial charge >= 0.3 is 0 Å². The number of benzene rings is 1. The molecule has 1 aliphatic carbocycles. The molecule has 17 heavy (non-hydrogen) atoms. The third kappa shape index (κ3) is 3.01. The maximum Gasteiger partial charge on any atom is 0.119 e. The highest BCUT2D eigenvalue weighted by molar-refractivity contribution is 5.41. The molecule has 0 saturated heterocycles. The minimum absolute atomic E-state index is 0.666. The standard InChI is InChI=1S/C15H23NO/c1-11(2)9-16-10-13-5-4-12-6-7-14(17-3)8-15(12)13/h6-8,11,13,16H,4-5,9-10H2,1-3H3. The summed E-state index contributed by atoms with van der Waals surface area (Å²) in [5.74, 6) is 2.37. The summed E-state index contributed by atoms with van der Waals surface area (Å²) < 4.78 is 5.31. The van der Waals surface area contributed by atoms with Crippen molar-refractivity contribution in [3.63, 3.8) is 0 Å². The molecule has 0 saturated carbocycles. The lowest BCUT2D eigenvalue weighted by atomic mass is 10.0. The summed E-state index contributed by atoms with van der Waals surface area (Å²) in [6.45, 7) is 6.70. The first-order valence-corrected chi connectivity index (χ1v) is 6.58. The normalized spacial score (nSPS) is 18.5. The van der Waals surface area contributed by atoms with E-state index in [9.17, 15) is 0 Å². The number of nitrogens with one attached hydrogen (secondary N) is 1. The van der Waals surface area contributed by atoms with Gasteiger partial charge in [-0.25, -0.2) is 0 Å². The first-order chi connectivity index (χ1) is 8.20. The summed E-state index contributed by atoms with van der Waals surface area (Å²) in [6.07, 6.45) is 2.49. The van der Waals surface area contributed by atoms with Crippen molar-refractivity contribution < 1.29 is 4.74 Å². The Labute approximate surface area is 104 Å². The predicted molar refractivity (Wildman–Crippen MR) is 71.8 cm³/mol. The Bertz CT molecular complexity index is 373. The highest BCUT2D eigenvalue weighted by Gasteiger charge is 2.22. The van der Waals surface area contributed by atoms with Gasteiger partial charge in [0.2, 0.25) is 0 Å². The second-order valence-electron chi connectivity index (χ2n) is 5.35. The largest absolute Gasteiger partial charge is 0.497 e. The van der Waals surface area contributed by atoms with Gasteiger partial charge in [0.25, 0.3) is 0 Å². The fourth-order valence-electron chi connectivity index (χ4n) is 2.55. The molecular formula is C15H23NO. The van der Waals surface area contributed by atoms with Gasteiger partial charge in [-0.05, 0) is 54.5 Å². The molecule has 0 bridgehead atoms. The van der Waals surface area contributed by atoms with Crippen molar-refractivity contribution in [1.82, 2.24) is 5.32 Å². The van der Waals surface area contributed by atoms with Gasteiger partial charge in [-0.2, -0.15) is 0 Å². The maximum absolute atomic E-state index is 5.31. The highest BCUT2D eigenvalue weighted by atomic mass is 16.5. The molecule has 1 atom stereocenters. The molecule has 1 aliphatic rings. The van der Waals surface area contributed by atoms with Crippen LogP contribution in [0.25, 0.3) is 0 Å². The van der Waals surface area contributed by atoms with Gasteiger partial charge in [0, 0.05) is 6.54 Å². The van der Waals surface area contributed by atoms with Crippen molar-refractivity contribution in [1.29, 1.82) is 0 Å². The van der Waals surface area contributed by atoms with Crippen LogP contribution in [0.15, 0.2) is 18.2 Å². The van der Waals surface area contributed by atoms with Crippen molar-refractivity contribution in [3.8, 4) is 5.75 Å². The van der Waals surface area contributed by atoms with Crippen LogP contribution in [-0.4, -0.2) is 20.2 Å². The van der Waals surface area contributed by atoms with Gasteiger partial charge in [0.15, 0.2) is 0 Å². The fourth-order valence-corrected chi connectivity index (χ4v) is 2.55. The van der Waals surface area contributed by atoms with Crippen LogP contribution >= 0.6 is 0 Å². The van der Waals surface area contributed by atoms with Crippen LogP contribution in [0.1, 0.15) is 37.3 Å². The van der Waals surface area contributed by atoms with E-state index in [2.05, 4.69) is 37.4 Å². The molecule has 0 heterocycles. The third-order valence-corrected chi connectivity index (χ3v) is 3.50. The van der Waals surface area contributed by atoms with Crippen LogP contribution in [0.4, 0.5) is 0 Å². The number of fused-ring (bicyclic) bond motifs is 1. The first kappa shape index (κ1) is 12.4. The summed E-state index contributed by atoms with van der Waals surface area (Å²) in [6, 6.07) is 6.50. The molecule has 1 N–H and O–H groups in total. The molecule has 1 unspecified atom stereocenters. The Morgan fingerprint density at radius 2 is 2.24 bits per heavy atom. The number of aryl methyl sites for hydroxylation is 1. The van der Waals surface area contributed by atoms with Crippen molar-refractivity contribution >= 4 is 0 Å². The second kappa shape index (κ2) is 5.54. The summed E-state index contributed by atoms with van der Waals surface area (Å²) in [5.41, 5.74) is 2.99. The third-order valence-electron chi connectivity index (χ3n) is 3.50. The average molecular weight is 233 g/mol. The minimum Gasteiger partial charge on any atom is -0.497 e. The Hall–Kier alpha value is -1.02. The monoisotopic (exact) mass is 233 g/mol. The van der Waals surface area contributed by atoms with E-state index in [-0.39, 0.29) is 0 Å². The zero-order chi connectivity index (χ0) is 12.3. The van der Waals surface area contributed by atoms with E-state index in [1.807, 2.05) is 0 Å². The molecule has 1 aromatic rings. The molecule has 0 fully saturated rings. The highest BCUT2D eigenvalue weighted by Crippen LogP contribution is 2.34. The average Bonchev–Trinajstić information content (AvgIpc) is 2.71. The number of methoxy groups -OCH3 is 1. The van der Waals surface area contributed by atoms with E-state index in [0.717, 1.165) is 24.8 Å². The van der Waals surface area contributed by atoms with Crippen LogP contribution in [0.2, 0.25) is 0 Å². The van der Waals surface area contributed by atoms with Crippen LogP contribution < -0.4 is 10.1 Å². The molecule has 0 spiro atoms. The Morgan fingerprint density at radius 1 is 1.41 bits per heavy atom. The zero-order valence-electron chi connectivity index (χ0n) is 11.1. The second-order valence-corrected chi connectivity index (χ2v) is 5.35. The quantitative estimate of drug-likeness (QED) is 0.844. The van der Waals surface area contributed by atoms with Crippen molar-refractivity contribution in [2.24, 2.45) is 5.92 Å². The molecule has 0 aromatic heterocycles. The molecule has 0 aliphatic heterocycles. The maximum atomic E-state index is 5.31. The van der Waals surface area contributed by atoms with E-state index in [1.165, 1.54) is 24.0 Å². The molecule has 0 amide bonds. The minimum atomic E-state index is 0.666. The summed E-state index contributed by atoms with van der Waals surface area (Å²) in [5, 5.41) is 3.56. The van der Waals surface area contributed by atoms with Crippen LogP contribution in [-0.2, 0) is 6.42 Å². The van der Waals surface area contributed by atoms with E-state index in [4.69, 9.17) is 4.74 Å². The number of hydrogen-bond donors (Lipinski definition) is 1. The van der Waals surface area contributed by atoms with Crippen LogP contribution in [0.5, 0.6) is 5.75 Å². The van der Waals surface area contributed by atoms with Gasteiger partial charge in [-0.1, -0.05) is 19.9 Å². The lowest BCUT2D eigenvalue weighted by molar-refractivity contribution is 0.413. The number of hydrogen-bond acceptors (Lipinski definition) is 2. The van der Waals surface area contributed by atoms with Crippen molar-refractivity contribution in [2.45, 2.75) is 32.6 Å². The molecule has 94 valence electrons. The lowest BCUT2D eigenvalue weighted by Crippen LogP contribution is -2.24. The predicted octanol–water partition coefficient (Wildman–Crippen LogP) is 2.97. The van der Waals surface area contributed by atoms with Gasteiger partial charge in [-0.15, -0.1) is 0 Å². The van der Waals surface area contributed by atoms with Crippen LogP contribution in [0.3, 0.4) is 0 Å². The van der Waals surface area contributed by atoms with Gasteiger partial charge < -0.3 is 10.1 Å². The topological polar surface area (TPSA) is 21.3 Å². The number of ether oxygens (including phenoxy) is 1. The smallest absolute Gasteiger partial charge is 0.119 e. The van der Waals surface area contributed by atoms with Gasteiger partial charge in [-0.3, -0.25) is 0 Å². The Morgan fingerprint density at radius 3 is 2.94 bits per heavy atom. The van der Waals surface area contributed by atoms with E-state index in [0.29, 0.717) is 5.92 Å². The Balaban J connectivity index is 2.00. The lowest BCUT2D eigenvalue weighted by Gasteiger charge is -2.14. The van der Waals surface area contributed by atoms with E-state index >= 15 is 0 Å². The SMILES string of the molecule is COc1ccc2c(c1)C(CNCC(C)C)CC2. The van der Waals surface area contributed by atoms with Crippen molar-refractivity contribution in [3.05, 3.63) is 29.3 Å². The van der Waals surface area contributed by atoms with E-state index < -0.39 is 0 Å². The van der Waals surface area contributed by atoms with Gasteiger partial charge in [0.05, 0.1) is 7.11 Å². The summed E-state index contributed by atoms with van der Waals surface area (Å²) >= 11 is 0. The molecule has 2 rings (SSSR count). The van der Waals surface area contributed by atoms with Crippen molar-refractivity contribution in [2.75, 3.05) is 20.2 Å². The van der Waals surface area contributed by atoms with Gasteiger partial charge in [0.1, 0.15) is 5.75 Å². The fraction of sp³-hybridized carbons (Fsp3) is 0.600. The zero-order valence-corrected chi connectivity index (χ0v) is 11.1. The Kier molecular flexibility index (Phi) is 4.06. The molecule has 0 radical (unpaired) electrons. The van der Waals surface area contributed by atoms with E-state index in [1.54, 1.807) is 7.11 Å². The number of rotatable bonds is 5.